The fourth-order valence-electron chi connectivity index (χ4n) is 11.1. The van der Waals surface area contributed by atoms with Crippen molar-refractivity contribution in [1.82, 2.24) is 10.6 Å². The van der Waals surface area contributed by atoms with E-state index in [0.29, 0.717) is 0 Å². The molecule has 5 heterocycles. The fraction of sp³-hybridized carbons (Fsp3) is 0.714. The molecule has 0 radical (unpaired) electrons. The van der Waals surface area contributed by atoms with Gasteiger partial charge in [0.15, 0.2) is 31.5 Å². The second-order valence-corrected chi connectivity index (χ2v) is 22.7. The van der Waals surface area contributed by atoms with Gasteiger partial charge in [0, 0.05) is 32.1 Å². The molecule has 0 bridgehead atoms. The minimum atomic E-state index is -2.27. The zero-order valence-corrected chi connectivity index (χ0v) is 50.2. The molecule has 5 aliphatic heterocycles. The third-order valence-electron chi connectivity index (χ3n) is 16.1. The van der Waals surface area contributed by atoms with E-state index in [0.717, 1.165) is 31.2 Å². The molecule has 21 N–H and O–H groups in total. The number of carbonyl (C=O) groups excluding carboxylic acids is 4. The highest BCUT2D eigenvalue weighted by molar-refractivity contribution is 5.92. The van der Waals surface area contributed by atoms with Crippen molar-refractivity contribution in [2.75, 3.05) is 56.4 Å². The van der Waals surface area contributed by atoms with E-state index < -0.39 is 248 Å². The number of nitrogens with zero attached hydrogens (tertiary/aromatic N) is 1. The number of aliphatic hydroxyl groups excluding tert-OH is 18. The SMILES string of the molecule is CC(=O)N[C@H]1[C@H](O[C@@H]2[C@H](O)[C@@H](O)[C@H](O[C@H]3[C@H](O)[C@@H](NC(C)=O)[C@H](O[C@@H]4[C@H](O)[C@@H](O)[C@H](O[C@@H]([C@H](O)[C@@H](O)CN(C(C)=O)c5ccc(NC(=O)OCc6ccccc6)cc5)[C@H](O)CO)O[C@@H]4CO)O[C@@H]3CO)O[C@@H]2CO)O[C@H](CO)[C@@H](O[C@@H]2O[C@H](CO)[C@H](O)[C@H](O)[C@H]2O)[C@@H]1O. The molecular formula is C56H84N4O33. The maximum Gasteiger partial charge on any atom is 0.411 e. The summed E-state index contributed by atoms with van der Waals surface area (Å²) in [6, 6.07) is 11.0. The van der Waals surface area contributed by atoms with Crippen LogP contribution in [0.25, 0.3) is 0 Å². The van der Waals surface area contributed by atoms with Gasteiger partial charge in [0.1, 0.15) is 153 Å². The summed E-state index contributed by atoms with van der Waals surface area (Å²) in [7, 11) is 0. The van der Waals surface area contributed by atoms with E-state index >= 15 is 0 Å². The summed E-state index contributed by atoms with van der Waals surface area (Å²) in [6.45, 7) is -3.79. The fourth-order valence-corrected chi connectivity index (χ4v) is 11.1. The second kappa shape index (κ2) is 34.3. The van der Waals surface area contributed by atoms with Crippen LogP contribution < -0.4 is 20.9 Å². The molecule has 2 aromatic rings. The van der Waals surface area contributed by atoms with Crippen molar-refractivity contribution in [3.63, 3.8) is 0 Å². The van der Waals surface area contributed by atoms with Crippen LogP contribution in [-0.4, -0.2) is 340 Å². The van der Waals surface area contributed by atoms with E-state index in [1.807, 2.05) is 0 Å². The number of aliphatic hydroxyl groups is 18. The summed E-state index contributed by atoms with van der Waals surface area (Å²) in [6.07, 6.45) is -53.7. The largest absolute Gasteiger partial charge is 0.444 e. The lowest BCUT2D eigenvalue weighted by atomic mass is 9.94. The Hall–Kier alpha value is -5.00. The summed E-state index contributed by atoms with van der Waals surface area (Å²) in [5.74, 6) is -2.35. The highest BCUT2D eigenvalue weighted by Gasteiger charge is 2.58. The number of ether oxygens (including phenoxy) is 11. The van der Waals surface area contributed by atoms with Crippen molar-refractivity contribution < 1.29 is 163 Å². The van der Waals surface area contributed by atoms with Gasteiger partial charge >= 0.3 is 6.09 Å². The smallest absolute Gasteiger partial charge is 0.411 e. The number of hydrogen-bond acceptors (Lipinski definition) is 33. The van der Waals surface area contributed by atoms with Crippen LogP contribution in [-0.2, 0) is 73.1 Å². The van der Waals surface area contributed by atoms with Crippen LogP contribution in [0.1, 0.15) is 26.3 Å². The van der Waals surface area contributed by atoms with Crippen molar-refractivity contribution in [2.24, 2.45) is 0 Å². The Kier molecular flexibility index (Phi) is 27.8. The van der Waals surface area contributed by atoms with Crippen molar-refractivity contribution in [3.05, 3.63) is 60.2 Å². The van der Waals surface area contributed by atoms with Crippen LogP contribution >= 0.6 is 0 Å². The molecule has 5 saturated heterocycles. The average Bonchev–Trinajstić information content (AvgIpc) is 0.779. The van der Waals surface area contributed by atoms with Crippen molar-refractivity contribution >= 4 is 35.2 Å². The quantitative estimate of drug-likeness (QED) is 0.0395. The van der Waals surface area contributed by atoms with Gasteiger partial charge in [-0.3, -0.25) is 19.7 Å². The van der Waals surface area contributed by atoms with Crippen molar-refractivity contribution in [1.29, 1.82) is 0 Å². The number of anilines is 2. The molecule has 0 aromatic heterocycles. The molecule has 93 heavy (non-hydrogen) atoms. The molecule has 0 aliphatic carbocycles. The molecule has 5 aliphatic rings. The van der Waals surface area contributed by atoms with Gasteiger partial charge in [0.2, 0.25) is 17.7 Å². The van der Waals surface area contributed by atoms with E-state index in [1.165, 1.54) is 24.3 Å². The lowest BCUT2D eigenvalue weighted by Gasteiger charge is -2.50. The Labute approximate surface area is 529 Å². The highest BCUT2D eigenvalue weighted by Crippen LogP contribution is 2.37. The Morgan fingerprint density at radius 2 is 0.892 bits per heavy atom. The second-order valence-electron chi connectivity index (χ2n) is 22.7. The molecule has 0 spiro atoms. The Morgan fingerprint density at radius 3 is 1.33 bits per heavy atom. The molecule has 5 fully saturated rings. The number of amides is 4. The van der Waals surface area contributed by atoms with E-state index in [-0.39, 0.29) is 18.0 Å². The monoisotopic (exact) mass is 1340 g/mol. The Bertz CT molecular complexity index is 2660. The van der Waals surface area contributed by atoms with Gasteiger partial charge in [-0.2, -0.15) is 0 Å². The van der Waals surface area contributed by atoms with E-state index in [9.17, 15) is 111 Å². The first-order valence-corrected chi connectivity index (χ1v) is 29.5. The lowest BCUT2D eigenvalue weighted by Crippen LogP contribution is -2.70. The lowest BCUT2D eigenvalue weighted by molar-refractivity contribution is -0.383. The molecule has 29 atom stereocenters. The topological polar surface area (TPSA) is 573 Å². The molecule has 7 rings (SSSR count). The van der Waals surface area contributed by atoms with Gasteiger partial charge < -0.3 is 160 Å². The summed E-state index contributed by atoms with van der Waals surface area (Å²) in [5, 5.41) is 203. The van der Waals surface area contributed by atoms with Gasteiger partial charge in [-0.1, -0.05) is 30.3 Å². The molecule has 0 unspecified atom stereocenters. The maximum atomic E-state index is 12.9. The average molecular weight is 1340 g/mol. The first-order valence-electron chi connectivity index (χ1n) is 29.5. The number of benzene rings is 2. The van der Waals surface area contributed by atoms with E-state index in [2.05, 4.69) is 16.0 Å². The molecule has 526 valence electrons. The number of hydrogen-bond donors (Lipinski definition) is 21. The number of nitrogens with one attached hydrogen (secondary N) is 3. The summed E-state index contributed by atoms with van der Waals surface area (Å²) in [5.41, 5.74) is 1.15. The maximum absolute atomic E-state index is 12.9. The summed E-state index contributed by atoms with van der Waals surface area (Å²) < 4.78 is 63.1. The van der Waals surface area contributed by atoms with E-state index in [4.69, 9.17) is 52.1 Å². The first-order chi connectivity index (χ1) is 44.2. The van der Waals surface area contributed by atoms with Crippen LogP contribution in [0, 0.1) is 0 Å². The Balaban J connectivity index is 0.994. The molecule has 2 aromatic carbocycles. The van der Waals surface area contributed by atoms with E-state index in [1.54, 1.807) is 30.3 Å². The summed E-state index contributed by atoms with van der Waals surface area (Å²) in [4.78, 5) is 51.5. The molecule has 37 nitrogen and oxygen atoms in total. The minimum absolute atomic E-state index is 0.0157. The van der Waals surface area contributed by atoms with Crippen LogP contribution in [0.2, 0.25) is 0 Å². The minimum Gasteiger partial charge on any atom is -0.444 e. The predicted octanol–water partition coefficient (Wildman–Crippen LogP) is -10.4. The predicted molar refractivity (Wildman–Crippen MR) is 302 cm³/mol. The first kappa shape index (κ1) is 75.4. The van der Waals surface area contributed by atoms with Crippen LogP contribution in [0.3, 0.4) is 0 Å². The molecule has 37 heteroatoms. The highest BCUT2D eigenvalue weighted by atomic mass is 16.8. The third-order valence-corrected chi connectivity index (χ3v) is 16.1. The standard InChI is InChI=1S/C56H84N4O33/c1-21(67)57-34-38(74)47(92-53-43(79)40(76)37(73)29(15-62)84-53)30(16-63)85-51(34)91-50-33(19-66)88-55(45(81)42(50)78)93-48-31(17-64)86-52(35(39(48)75)58-22(2)68)90-49-32(18-65)87-54(44(80)41(49)77)89-46(28(71)14-61)36(72)27(70)13-60(23(3)69)26-11-9-25(10-12-26)59-56(82)83-20-24-7-5-4-6-8-24/h4-12,27-55,61-66,70-81H,13-20H2,1-3H3,(H,57,67)(H,58,68)(H,59,82)/t27-,28+,29+,30+,31+,32+,33+,34+,35+,36+,37-,38+,39+,40-,41+,42+,43+,44+,45+,46+,47+,48+,49-,50-,51-,52-,53-,54-,55-/m0/s1. The van der Waals surface area contributed by atoms with Crippen LogP contribution in [0.4, 0.5) is 16.2 Å². The number of rotatable bonds is 27. The van der Waals surface area contributed by atoms with Crippen molar-refractivity contribution in [3.8, 4) is 0 Å². The van der Waals surface area contributed by atoms with Gasteiger partial charge in [0.05, 0.1) is 46.2 Å². The van der Waals surface area contributed by atoms with Gasteiger partial charge in [0.25, 0.3) is 0 Å². The normalized spacial score (nSPS) is 37.8. The number of carbonyl (C=O) groups is 4. The summed E-state index contributed by atoms with van der Waals surface area (Å²) >= 11 is 0. The Morgan fingerprint density at radius 1 is 0.484 bits per heavy atom. The van der Waals surface area contributed by atoms with Crippen LogP contribution in [0.5, 0.6) is 0 Å². The zero-order valence-electron chi connectivity index (χ0n) is 50.2. The molecule has 0 saturated carbocycles. The third kappa shape index (κ3) is 18.2. The van der Waals surface area contributed by atoms with Crippen LogP contribution in [0.15, 0.2) is 54.6 Å². The molecule has 4 amide bonds. The van der Waals surface area contributed by atoms with Gasteiger partial charge in [-0.15, -0.1) is 0 Å². The molecular weight excluding hydrogens is 1260 g/mol. The van der Waals surface area contributed by atoms with Gasteiger partial charge in [-0.05, 0) is 29.8 Å². The van der Waals surface area contributed by atoms with Gasteiger partial charge in [-0.25, -0.2) is 4.79 Å². The zero-order chi connectivity index (χ0) is 68.3. The van der Waals surface area contributed by atoms with Crippen molar-refractivity contribution in [2.45, 2.75) is 205 Å².